The molecule has 0 unspecified atom stereocenters. The number of amides is 3. The van der Waals surface area contributed by atoms with E-state index in [4.69, 9.17) is 0 Å². The van der Waals surface area contributed by atoms with E-state index >= 15 is 0 Å². The maximum Gasteiger partial charge on any atom is 0.256 e. The van der Waals surface area contributed by atoms with Crippen molar-refractivity contribution >= 4 is 35.2 Å². The van der Waals surface area contributed by atoms with E-state index in [9.17, 15) is 29.7 Å². The number of aryl methyl sites for hydroxylation is 5. The number of aromatic hydroxyl groups is 3. The van der Waals surface area contributed by atoms with Crippen molar-refractivity contribution in [1.82, 2.24) is 30.2 Å². The summed E-state index contributed by atoms with van der Waals surface area (Å²) in [5.41, 5.74) is 5.26. The molecule has 0 aliphatic heterocycles. The summed E-state index contributed by atoms with van der Waals surface area (Å²) in [7, 11) is 1.75. The molecule has 0 fully saturated rings. The number of anilines is 3. The third-order valence-electron chi connectivity index (χ3n) is 9.06. The largest absolute Gasteiger partial charge is 0.507 e. The van der Waals surface area contributed by atoms with Crippen LogP contribution in [0, 0.1) is 27.7 Å². The molecule has 3 aromatic carbocycles. The van der Waals surface area contributed by atoms with Gasteiger partial charge in [0.1, 0.15) is 34.7 Å². The highest BCUT2D eigenvalue weighted by Crippen LogP contribution is 2.40. The van der Waals surface area contributed by atoms with Crippen molar-refractivity contribution in [1.29, 1.82) is 0 Å². The van der Waals surface area contributed by atoms with E-state index in [1.54, 1.807) is 113 Å². The van der Waals surface area contributed by atoms with Crippen LogP contribution >= 0.6 is 0 Å². The molecule has 0 aliphatic carbocycles. The molecule has 0 aliphatic rings. The fourth-order valence-electron chi connectivity index (χ4n) is 5.81. The minimum atomic E-state index is -0.269. The monoisotopic (exact) mass is 791 g/mol. The van der Waals surface area contributed by atoms with Gasteiger partial charge in [-0.05, 0) is 97.2 Å². The van der Waals surface area contributed by atoms with E-state index in [1.165, 1.54) is 0 Å². The molecule has 0 saturated carbocycles. The highest BCUT2D eigenvalue weighted by Gasteiger charge is 2.28. The molecule has 0 atom stereocenters. The zero-order valence-corrected chi connectivity index (χ0v) is 34.8. The van der Waals surface area contributed by atoms with Crippen LogP contribution in [-0.2, 0) is 17.9 Å². The second kappa shape index (κ2) is 17.9. The van der Waals surface area contributed by atoms with Crippen LogP contribution in [0.1, 0.15) is 106 Å². The Morgan fingerprint density at radius 1 is 0.552 bits per heavy atom. The highest BCUT2D eigenvalue weighted by atomic mass is 16.3. The Bertz CT molecular complexity index is 2300. The number of H-pyrrole nitrogens is 2. The molecular formula is C43H53N9O6. The zero-order chi connectivity index (χ0) is 43.1. The van der Waals surface area contributed by atoms with Crippen LogP contribution < -0.4 is 16.0 Å². The van der Waals surface area contributed by atoms with Crippen molar-refractivity contribution in [2.24, 2.45) is 7.05 Å². The smallest absolute Gasteiger partial charge is 0.256 e. The van der Waals surface area contributed by atoms with E-state index in [2.05, 4.69) is 41.4 Å². The summed E-state index contributed by atoms with van der Waals surface area (Å²) >= 11 is 0. The van der Waals surface area contributed by atoms with Crippen molar-refractivity contribution in [2.75, 3.05) is 16.0 Å². The van der Waals surface area contributed by atoms with E-state index in [1.807, 2.05) is 41.5 Å². The molecule has 3 amide bonds. The molecule has 8 N–H and O–H groups in total. The molecule has 6 rings (SSSR count). The lowest BCUT2D eigenvalue weighted by Crippen LogP contribution is -2.20. The van der Waals surface area contributed by atoms with Gasteiger partial charge in [0, 0.05) is 53.1 Å². The van der Waals surface area contributed by atoms with Gasteiger partial charge < -0.3 is 31.3 Å². The molecule has 58 heavy (non-hydrogen) atoms. The lowest BCUT2D eigenvalue weighted by molar-refractivity contribution is 0.101. The van der Waals surface area contributed by atoms with Gasteiger partial charge in [0.25, 0.3) is 17.7 Å². The van der Waals surface area contributed by atoms with Gasteiger partial charge in [0.05, 0.1) is 18.6 Å². The minimum Gasteiger partial charge on any atom is -0.507 e. The first-order chi connectivity index (χ1) is 27.1. The van der Waals surface area contributed by atoms with Crippen LogP contribution in [0.5, 0.6) is 17.2 Å². The summed E-state index contributed by atoms with van der Waals surface area (Å²) in [5, 5.41) is 55.1. The van der Waals surface area contributed by atoms with Gasteiger partial charge in [-0.15, -0.1) is 0 Å². The molecule has 15 nitrogen and oxygen atoms in total. The molecule has 0 spiro atoms. The molecule has 0 bridgehead atoms. The molecule has 0 saturated heterocycles. The van der Waals surface area contributed by atoms with Gasteiger partial charge in [0.15, 0.2) is 0 Å². The highest BCUT2D eigenvalue weighted by molar-refractivity contribution is 6.05. The second-order valence-electron chi connectivity index (χ2n) is 16.0. The number of hydrogen-bond acceptors (Lipinski definition) is 9. The number of benzene rings is 3. The predicted molar refractivity (Wildman–Crippen MR) is 225 cm³/mol. The third-order valence-corrected chi connectivity index (χ3v) is 9.06. The van der Waals surface area contributed by atoms with Crippen LogP contribution in [0.3, 0.4) is 0 Å². The van der Waals surface area contributed by atoms with Crippen molar-refractivity contribution in [2.45, 2.75) is 80.1 Å². The number of phenols is 3. The summed E-state index contributed by atoms with van der Waals surface area (Å²) < 4.78 is 1.58. The number of carbonyl (C=O) groups is 3. The standard InChI is InChI=1S/C18H25N3O2.C13H15N3O2.C12H13N3O2/c1-17(2,3)12-9-11(10-13(15(12)22)18(4,5)6)16(23)20-14-7-8-19-21-14;1-8-6-10(7-9(2)12(8)17)13(18)15-11-4-5-14-16(11)3;1-7-5-9(6-8(2)11(7)16)12(17)14-10-3-4-13-15-10/h7-10,22H,1-6H3,(H2,19,20,21,23);4-7,17H,1-3H3,(H,15,18);3-6,16H,1-2H3,(H2,13,14,15,17). The zero-order valence-electron chi connectivity index (χ0n) is 34.8. The first kappa shape index (κ1) is 43.8. The first-order valence-corrected chi connectivity index (χ1v) is 18.5. The number of nitrogens with one attached hydrogen (secondary N) is 5. The molecule has 6 aromatic rings. The molecule has 15 heteroatoms. The van der Waals surface area contributed by atoms with E-state index < -0.39 is 0 Å². The lowest BCUT2D eigenvalue weighted by atomic mass is 9.78. The van der Waals surface area contributed by atoms with E-state index in [0.717, 1.165) is 11.1 Å². The van der Waals surface area contributed by atoms with E-state index in [-0.39, 0.29) is 45.8 Å². The van der Waals surface area contributed by atoms with Gasteiger partial charge >= 0.3 is 0 Å². The van der Waals surface area contributed by atoms with Gasteiger partial charge in [0.2, 0.25) is 0 Å². The molecule has 3 aromatic heterocycles. The minimum absolute atomic E-state index is 0.218. The van der Waals surface area contributed by atoms with Gasteiger partial charge in [-0.2, -0.15) is 15.3 Å². The number of aromatic nitrogens is 6. The Morgan fingerprint density at radius 3 is 1.22 bits per heavy atom. The normalized spacial score (nSPS) is 11.1. The number of hydrogen-bond donors (Lipinski definition) is 8. The Morgan fingerprint density at radius 2 is 0.914 bits per heavy atom. The maximum absolute atomic E-state index is 12.5. The van der Waals surface area contributed by atoms with Crippen LogP contribution in [0.2, 0.25) is 0 Å². The number of nitrogens with zero attached hydrogens (tertiary/aromatic N) is 4. The summed E-state index contributed by atoms with van der Waals surface area (Å²) in [6.45, 7) is 19.2. The number of phenolic OH excluding ortho intramolecular Hbond substituents is 3. The van der Waals surface area contributed by atoms with Crippen LogP contribution in [0.25, 0.3) is 0 Å². The van der Waals surface area contributed by atoms with Gasteiger partial charge in [-0.3, -0.25) is 29.3 Å². The summed E-state index contributed by atoms with van der Waals surface area (Å²) in [4.78, 5) is 36.5. The third kappa shape index (κ3) is 11.1. The summed E-state index contributed by atoms with van der Waals surface area (Å²) in [6, 6.07) is 15.2. The lowest BCUT2D eigenvalue weighted by Gasteiger charge is -2.28. The predicted octanol–water partition coefficient (Wildman–Crippen LogP) is 7.94. The number of rotatable bonds is 6. The van der Waals surface area contributed by atoms with Gasteiger partial charge in [-0.25, -0.2) is 0 Å². The van der Waals surface area contributed by atoms with Crippen molar-refractivity contribution < 1.29 is 29.7 Å². The Labute approximate surface area is 337 Å². The number of aromatic amines is 2. The van der Waals surface area contributed by atoms with Crippen molar-refractivity contribution in [3.05, 3.63) is 123 Å². The summed E-state index contributed by atoms with van der Waals surface area (Å²) in [6.07, 6.45) is 4.75. The fourth-order valence-corrected chi connectivity index (χ4v) is 5.81. The van der Waals surface area contributed by atoms with Crippen molar-refractivity contribution in [3.8, 4) is 17.2 Å². The van der Waals surface area contributed by atoms with Crippen LogP contribution in [-0.4, -0.2) is 63.2 Å². The van der Waals surface area contributed by atoms with Crippen molar-refractivity contribution in [3.63, 3.8) is 0 Å². The molecular weight excluding hydrogens is 739 g/mol. The summed E-state index contributed by atoms with van der Waals surface area (Å²) in [5.74, 6) is 1.74. The molecule has 0 radical (unpaired) electrons. The van der Waals surface area contributed by atoms with E-state index in [0.29, 0.717) is 56.4 Å². The first-order valence-electron chi connectivity index (χ1n) is 18.5. The molecule has 3 heterocycles. The van der Waals surface area contributed by atoms with Crippen LogP contribution in [0.4, 0.5) is 17.5 Å². The van der Waals surface area contributed by atoms with Gasteiger partial charge in [-0.1, -0.05) is 41.5 Å². The van der Waals surface area contributed by atoms with Crippen LogP contribution in [0.15, 0.2) is 73.2 Å². The Hall–Kier alpha value is -6.90. The number of carbonyl (C=O) groups excluding carboxylic acids is 3. The average molecular weight is 792 g/mol. The fraction of sp³-hybridized carbons (Fsp3) is 0.302. The second-order valence-corrected chi connectivity index (χ2v) is 16.0. The Kier molecular flexibility index (Phi) is 13.5. The topological polar surface area (TPSA) is 223 Å². The SMILES string of the molecule is CC(C)(C)c1cc(C(=O)Nc2ccn[nH]2)cc(C(C)(C)C)c1O.Cc1cc(C(=O)Nc2ccn[nH]2)cc(C)c1O.Cc1cc(C(=O)Nc2ccnn2C)cc(C)c1O. The Balaban J connectivity index is 0.000000195. The quantitative estimate of drug-likeness (QED) is 0.0819. The molecule has 306 valence electrons. The maximum atomic E-state index is 12.5. The average Bonchev–Trinajstić information content (AvgIpc) is 3.94.